The van der Waals surface area contributed by atoms with Crippen LogP contribution in [0, 0.1) is 0 Å². The molecular weight excluding hydrogens is 390 g/mol. The highest BCUT2D eigenvalue weighted by Crippen LogP contribution is 2.23. The lowest BCUT2D eigenvalue weighted by atomic mass is 10.1. The van der Waals surface area contributed by atoms with E-state index < -0.39 is 55.0 Å². The van der Waals surface area contributed by atoms with Crippen molar-refractivity contribution >= 4 is 35.3 Å². The molecule has 2 aliphatic heterocycles. The van der Waals surface area contributed by atoms with Crippen LogP contribution >= 0.6 is 0 Å². The first-order valence-electron chi connectivity index (χ1n) is 9.07. The summed E-state index contributed by atoms with van der Waals surface area (Å²) in [5, 5.41) is 2.32. The van der Waals surface area contributed by atoms with Crippen LogP contribution in [-0.4, -0.2) is 64.8 Å². The Bertz CT molecular complexity index is 980. The van der Waals surface area contributed by atoms with E-state index in [-0.39, 0.29) is 22.3 Å². The topological polar surface area (TPSA) is 121 Å². The van der Waals surface area contributed by atoms with Crippen LogP contribution in [0.15, 0.2) is 48.5 Å². The number of hydrogen-bond acceptors (Lipinski definition) is 6. The van der Waals surface area contributed by atoms with E-state index in [1.807, 2.05) is 0 Å². The molecule has 0 bridgehead atoms. The third-order valence-corrected chi connectivity index (χ3v) is 4.88. The van der Waals surface area contributed by atoms with Crippen molar-refractivity contribution in [3.8, 4) is 0 Å². The van der Waals surface area contributed by atoms with Gasteiger partial charge in [-0.05, 0) is 24.3 Å². The molecule has 1 N–H and O–H groups in total. The van der Waals surface area contributed by atoms with E-state index in [9.17, 15) is 28.8 Å². The summed E-state index contributed by atoms with van der Waals surface area (Å²) >= 11 is 0. The number of ketones is 1. The van der Waals surface area contributed by atoms with Crippen LogP contribution in [0.5, 0.6) is 0 Å². The molecule has 2 aliphatic rings. The van der Waals surface area contributed by atoms with Crippen molar-refractivity contribution in [3.05, 3.63) is 70.8 Å². The number of carbonyl (C=O) groups is 6. The first-order valence-corrected chi connectivity index (χ1v) is 9.07. The number of imide groups is 2. The molecular formula is C21H15N3O6. The van der Waals surface area contributed by atoms with Gasteiger partial charge in [0.15, 0.2) is 5.78 Å². The van der Waals surface area contributed by atoms with Crippen molar-refractivity contribution in [3.63, 3.8) is 0 Å². The van der Waals surface area contributed by atoms with E-state index in [0.717, 1.165) is 9.80 Å². The maximum atomic E-state index is 12.3. The summed E-state index contributed by atoms with van der Waals surface area (Å²) < 4.78 is 0. The fourth-order valence-electron chi connectivity index (χ4n) is 3.39. The minimum atomic E-state index is -0.708. The molecule has 0 fully saturated rings. The summed E-state index contributed by atoms with van der Waals surface area (Å²) in [5.74, 6) is -3.57. The third-order valence-electron chi connectivity index (χ3n) is 4.88. The highest BCUT2D eigenvalue weighted by atomic mass is 16.2. The smallest absolute Gasteiger partial charge is 0.262 e. The number of hydrogen-bond donors (Lipinski definition) is 1. The van der Waals surface area contributed by atoms with Crippen molar-refractivity contribution in [1.82, 2.24) is 15.1 Å². The maximum absolute atomic E-state index is 12.3. The van der Waals surface area contributed by atoms with E-state index in [1.54, 1.807) is 24.3 Å². The summed E-state index contributed by atoms with van der Waals surface area (Å²) in [6.45, 7) is -1.47. The van der Waals surface area contributed by atoms with Crippen LogP contribution in [0.2, 0.25) is 0 Å². The Hall–Kier alpha value is -4.14. The Morgan fingerprint density at radius 2 is 1.00 bits per heavy atom. The molecule has 30 heavy (non-hydrogen) atoms. The monoisotopic (exact) mass is 405 g/mol. The number of benzene rings is 2. The second kappa shape index (κ2) is 7.36. The van der Waals surface area contributed by atoms with E-state index in [2.05, 4.69) is 5.32 Å². The minimum absolute atomic E-state index is 0.219. The Morgan fingerprint density at radius 3 is 1.40 bits per heavy atom. The molecule has 150 valence electrons. The quantitative estimate of drug-likeness (QED) is 0.689. The first kappa shape index (κ1) is 19.2. The highest BCUT2D eigenvalue weighted by Gasteiger charge is 2.37. The maximum Gasteiger partial charge on any atom is 0.262 e. The van der Waals surface area contributed by atoms with Crippen molar-refractivity contribution in [2.24, 2.45) is 0 Å². The summed E-state index contributed by atoms with van der Waals surface area (Å²) in [6.07, 6.45) is 0. The van der Waals surface area contributed by atoms with Gasteiger partial charge in [-0.2, -0.15) is 0 Å². The van der Waals surface area contributed by atoms with E-state index in [1.165, 1.54) is 24.3 Å². The average Bonchev–Trinajstić information content (AvgIpc) is 3.13. The van der Waals surface area contributed by atoms with Gasteiger partial charge in [0, 0.05) is 0 Å². The van der Waals surface area contributed by atoms with Crippen molar-refractivity contribution < 1.29 is 28.8 Å². The van der Waals surface area contributed by atoms with E-state index in [4.69, 9.17) is 0 Å². The molecule has 0 unspecified atom stereocenters. The van der Waals surface area contributed by atoms with Gasteiger partial charge in [-0.1, -0.05) is 24.3 Å². The Labute approximate surface area is 170 Å². The van der Waals surface area contributed by atoms with Gasteiger partial charge in [0.2, 0.25) is 5.91 Å². The molecule has 0 aliphatic carbocycles. The molecule has 0 saturated carbocycles. The number of amides is 5. The van der Waals surface area contributed by atoms with Crippen molar-refractivity contribution in [2.75, 3.05) is 19.6 Å². The second-order valence-electron chi connectivity index (χ2n) is 6.80. The lowest BCUT2D eigenvalue weighted by Crippen LogP contribution is -2.44. The number of carbonyl (C=O) groups excluding carboxylic acids is 6. The van der Waals surface area contributed by atoms with Crippen LogP contribution in [0.4, 0.5) is 0 Å². The molecule has 0 atom stereocenters. The zero-order chi connectivity index (χ0) is 21.4. The lowest BCUT2D eigenvalue weighted by Gasteiger charge is -2.15. The minimum Gasteiger partial charge on any atom is -0.347 e. The molecule has 9 heteroatoms. The summed E-state index contributed by atoms with van der Waals surface area (Å²) in [6, 6.07) is 12.5. The van der Waals surface area contributed by atoms with Gasteiger partial charge in [-0.15, -0.1) is 0 Å². The molecule has 2 heterocycles. The van der Waals surface area contributed by atoms with Gasteiger partial charge in [0.05, 0.1) is 35.3 Å². The number of nitrogens with zero attached hydrogens (tertiary/aromatic N) is 2. The van der Waals surface area contributed by atoms with Crippen molar-refractivity contribution in [1.29, 1.82) is 0 Å². The lowest BCUT2D eigenvalue weighted by molar-refractivity contribution is -0.125. The van der Waals surface area contributed by atoms with Gasteiger partial charge in [-0.3, -0.25) is 38.6 Å². The van der Waals surface area contributed by atoms with Crippen LogP contribution < -0.4 is 5.32 Å². The molecule has 4 rings (SSSR count). The largest absolute Gasteiger partial charge is 0.347 e. The molecule has 9 nitrogen and oxygen atoms in total. The molecule has 0 spiro atoms. The van der Waals surface area contributed by atoms with Gasteiger partial charge in [0.1, 0.15) is 6.54 Å². The molecule has 2 aromatic rings. The molecule has 0 aromatic heterocycles. The zero-order valence-corrected chi connectivity index (χ0v) is 15.6. The van der Waals surface area contributed by atoms with Gasteiger partial charge >= 0.3 is 0 Å². The predicted molar refractivity (Wildman–Crippen MR) is 102 cm³/mol. The van der Waals surface area contributed by atoms with E-state index in [0.29, 0.717) is 0 Å². The Kier molecular flexibility index (Phi) is 4.71. The molecule has 0 radical (unpaired) electrons. The van der Waals surface area contributed by atoms with Crippen LogP contribution in [-0.2, 0) is 9.59 Å². The van der Waals surface area contributed by atoms with Gasteiger partial charge in [0.25, 0.3) is 23.6 Å². The predicted octanol–water partition coefficient (Wildman–Crippen LogP) is 0.264. The number of nitrogens with one attached hydrogen (secondary N) is 1. The highest BCUT2D eigenvalue weighted by molar-refractivity contribution is 6.23. The molecule has 0 saturated heterocycles. The van der Waals surface area contributed by atoms with Crippen LogP contribution in [0.1, 0.15) is 41.4 Å². The number of fused-ring (bicyclic) bond motifs is 2. The standard InChI is InChI=1S/C21H15N3O6/c25-12(10-23-18(27)13-5-1-2-6-14(13)19(23)28)9-22-17(26)11-24-20(29)15-7-3-4-8-16(15)21(24)30/h1-8H,9-11H2,(H,22,26). The normalized spacial score (nSPS) is 14.8. The zero-order valence-electron chi connectivity index (χ0n) is 15.6. The summed E-state index contributed by atoms with van der Waals surface area (Å²) in [4.78, 5) is 75.0. The Balaban J connectivity index is 1.32. The van der Waals surface area contributed by atoms with Crippen LogP contribution in [0.25, 0.3) is 0 Å². The number of rotatable bonds is 6. The third kappa shape index (κ3) is 3.16. The average molecular weight is 405 g/mol. The van der Waals surface area contributed by atoms with Crippen LogP contribution in [0.3, 0.4) is 0 Å². The molecule has 2 aromatic carbocycles. The SMILES string of the molecule is O=C(CNC(=O)CN1C(=O)c2ccccc2C1=O)CN1C(=O)c2ccccc2C1=O. The molecule has 5 amide bonds. The summed E-state index contributed by atoms with van der Waals surface area (Å²) in [7, 11) is 0. The van der Waals surface area contributed by atoms with Crippen molar-refractivity contribution in [2.45, 2.75) is 0 Å². The van der Waals surface area contributed by atoms with Gasteiger partial charge < -0.3 is 5.32 Å². The first-order chi connectivity index (χ1) is 14.4. The fraction of sp³-hybridized carbons (Fsp3) is 0.143. The van der Waals surface area contributed by atoms with E-state index >= 15 is 0 Å². The Morgan fingerprint density at radius 1 is 0.633 bits per heavy atom. The number of Topliss-reactive ketones (excluding diaryl/α,β-unsaturated/α-hetero) is 1. The van der Waals surface area contributed by atoms with Gasteiger partial charge in [-0.25, -0.2) is 0 Å². The summed E-state index contributed by atoms with van der Waals surface area (Å²) in [5.41, 5.74) is 0.893. The second-order valence-corrected chi connectivity index (χ2v) is 6.80. The fourth-order valence-corrected chi connectivity index (χ4v) is 3.39.